The van der Waals surface area contributed by atoms with E-state index in [0.29, 0.717) is 29.3 Å². The molecule has 31 heavy (non-hydrogen) atoms. The van der Waals surface area contributed by atoms with E-state index in [2.05, 4.69) is 15.2 Å². The minimum atomic E-state index is -3.65. The molecule has 1 aromatic heterocycles. The highest BCUT2D eigenvalue weighted by Crippen LogP contribution is 2.26. The van der Waals surface area contributed by atoms with Gasteiger partial charge in [-0.15, -0.1) is 0 Å². The Balaban J connectivity index is 1.46. The number of aromatic nitrogens is 1. The van der Waals surface area contributed by atoms with Crippen molar-refractivity contribution in [2.45, 2.75) is 30.8 Å². The highest BCUT2D eigenvalue weighted by Gasteiger charge is 2.23. The molecule has 8 nitrogen and oxygen atoms in total. The van der Waals surface area contributed by atoms with Crippen LogP contribution in [0.5, 0.6) is 0 Å². The molecular weight excluding hydrogens is 418 g/mol. The summed E-state index contributed by atoms with van der Waals surface area (Å²) in [6, 6.07) is 15.3. The van der Waals surface area contributed by atoms with Crippen molar-refractivity contribution in [3.05, 3.63) is 65.9 Å². The molecule has 2 heterocycles. The lowest BCUT2D eigenvalue weighted by molar-refractivity contribution is 0.102. The first-order valence-electron chi connectivity index (χ1n) is 9.98. The molecule has 0 saturated carbocycles. The molecule has 0 radical (unpaired) electrons. The second-order valence-corrected chi connectivity index (χ2v) is 9.06. The summed E-state index contributed by atoms with van der Waals surface area (Å²) in [4.78, 5) is 13.0. The minimum Gasteiger partial charge on any atom is -0.377 e. The topological polar surface area (TPSA) is 111 Å². The predicted octanol–water partition coefficient (Wildman–Crippen LogP) is 3.36. The second kappa shape index (κ2) is 9.01. The largest absolute Gasteiger partial charge is 0.377 e. The van der Waals surface area contributed by atoms with Gasteiger partial charge in [-0.2, -0.15) is 0 Å². The lowest BCUT2D eigenvalue weighted by Gasteiger charge is -2.12. The summed E-state index contributed by atoms with van der Waals surface area (Å²) in [6.45, 7) is 2.58. The number of nitrogens with one attached hydrogen (secondary N) is 2. The standard InChI is InChI=1S/C22H23N3O5S/c1-15-20(21(25-30-15)16-6-3-2-4-7-16)22(26)24-17-9-11-19(12-10-17)31(27,28)23-14-18-8-5-13-29-18/h2-4,6-7,9-12,18,23H,5,8,13-14H2,1H3,(H,24,26). The Kier molecular flexibility index (Phi) is 6.17. The molecule has 1 unspecified atom stereocenters. The van der Waals surface area contributed by atoms with Crippen LogP contribution >= 0.6 is 0 Å². The summed E-state index contributed by atoms with van der Waals surface area (Å²) >= 11 is 0. The van der Waals surface area contributed by atoms with Gasteiger partial charge in [-0.1, -0.05) is 35.5 Å². The zero-order valence-corrected chi connectivity index (χ0v) is 17.8. The number of nitrogens with zero attached hydrogens (tertiary/aromatic N) is 1. The Morgan fingerprint density at radius 1 is 1.13 bits per heavy atom. The number of benzene rings is 2. The number of aryl methyl sites for hydroxylation is 1. The number of hydrogen-bond donors (Lipinski definition) is 2. The number of sulfonamides is 1. The summed E-state index contributed by atoms with van der Waals surface area (Å²) in [6.07, 6.45) is 1.71. The van der Waals surface area contributed by atoms with Gasteiger partial charge in [0.1, 0.15) is 17.0 Å². The van der Waals surface area contributed by atoms with Crippen LogP contribution in [-0.4, -0.2) is 38.7 Å². The maximum atomic E-state index is 12.9. The van der Waals surface area contributed by atoms with Crippen molar-refractivity contribution in [3.63, 3.8) is 0 Å². The lowest BCUT2D eigenvalue weighted by atomic mass is 10.1. The minimum absolute atomic E-state index is 0.0843. The van der Waals surface area contributed by atoms with Crippen LogP contribution in [0, 0.1) is 6.92 Å². The van der Waals surface area contributed by atoms with E-state index in [-0.39, 0.29) is 23.5 Å². The summed E-state index contributed by atoms with van der Waals surface area (Å²) in [5.41, 5.74) is 2.01. The average molecular weight is 442 g/mol. The third-order valence-electron chi connectivity index (χ3n) is 5.08. The van der Waals surface area contributed by atoms with Crippen molar-refractivity contribution >= 4 is 21.6 Å². The Morgan fingerprint density at radius 3 is 2.55 bits per heavy atom. The molecular formula is C22H23N3O5S. The van der Waals surface area contributed by atoms with E-state index in [4.69, 9.17) is 9.26 Å². The number of rotatable bonds is 7. The molecule has 0 aliphatic carbocycles. The molecule has 1 amide bonds. The van der Waals surface area contributed by atoms with E-state index in [1.807, 2.05) is 30.3 Å². The van der Waals surface area contributed by atoms with Gasteiger partial charge in [0.15, 0.2) is 0 Å². The zero-order valence-electron chi connectivity index (χ0n) is 17.0. The summed E-state index contributed by atoms with van der Waals surface area (Å²) in [5.74, 6) is 0.0126. The van der Waals surface area contributed by atoms with Crippen LogP contribution in [0.4, 0.5) is 5.69 Å². The van der Waals surface area contributed by atoms with Crippen LogP contribution in [0.25, 0.3) is 11.3 Å². The molecule has 1 aliphatic heterocycles. The van der Waals surface area contributed by atoms with Crippen molar-refractivity contribution < 1.29 is 22.5 Å². The molecule has 1 saturated heterocycles. The Labute approximate surface area is 180 Å². The van der Waals surface area contributed by atoms with Crippen molar-refractivity contribution in [3.8, 4) is 11.3 Å². The van der Waals surface area contributed by atoms with Gasteiger partial charge in [-0.3, -0.25) is 4.79 Å². The maximum Gasteiger partial charge on any atom is 0.261 e. The molecule has 0 spiro atoms. The lowest BCUT2D eigenvalue weighted by Crippen LogP contribution is -2.31. The van der Waals surface area contributed by atoms with Crippen molar-refractivity contribution in [2.75, 3.05) is 18.5 Å². The molecule has 2 N–H and O–H groups in total. The fourth-order valence-corrected chi connectivity index (χ4v) is 4.50. The van der Waals surface area contributed by atoms with Crippen LogP contribution < -0.4 is 10.0 Å². The predicted molar refractivity (Wildman–Crippen MR) is 115 cm³/mol. The SMILES string of the molecule is Cc1onc(-c2ccccc2)c1C(=O)Nc1ccc(S(=O)(=O)NCC2CCCO2)cc1. The fourth-order valence-electron chi connectivity index (χ4n) is 3.43. The van der Waals surface area contributed by atoms with Gasteiger partial charge in [-0.05, 0) is 44.0 Å². The van der Waals surface area contributed by atoms with Gasteiger partial charge >= 0.3 is 0 Å². The van der Waals surface area contributed by atoms with Crippen LogP contribution in [0.1, 0.15) is 29.0 Å². The number of hydrogen-bond acceptors (Lipinski definition) is 6. The van der Waals surface area contributed by atoms with Crippen molar-refractivity contribution in [2.24, 2.45) is 0 Å². The van der Waals surface area contributed by atoms with Crippen molar-refractivity contribution in [1.82, 2.24) is 9.88 Å². The van der Waals surface area contributed by atoms with Crippen LogP contribution in [0.2, 0.25) is 0 Å². The van der Waals surface area contributed by atoms with Gasteiger partial charge < -0.3 is 14.6 Å². The molecule has 9 heteroatoms. The monoisotopic (exact) mass is 441 g/mol. The molecule has 2 aromatic carbocycles. The average Bonchev–Trinajstić information content (AvgIpc) is 3.43. The van der Waals surface area contributed by atoms with Crippen LogP contribution in [-0.2, 0) is 14.8 Å². The first-order valence-corrected chi connectivity index (χ1v) is 11.5. The molecule has 4 rings (SSSR count). The highest BCUT2D eigenvalue weighted by molar-refractivity contribution is 7.89. The normalized spacial score (nSPS) is 16.4. The molecule has 1 fully saturated rings. The number of ether oxygens (including phenoxy) is 1. The van der Waals surface area contributed by atoms with Crippen LogP contribution in [0.3, 0.4) is 0 Å². The molecule has 0 bridgehead atoms. The molecule has 1 atom stereocenters. The number of carbonyl (C=O) groups excluding carboxylic acids is 1. The van der Waals surface area contributed by atoms with Crippen LogP contribution in [0.15, 0.2) is 64.0 Å². The van der Waals surface area contributed by atoms with E-state index in [1.54, 1.807) is 19.1 Å². The third kappa shape index (κ3) is 4.84. The highest BCUT2D eigenvalue weighted by atomic mass is 32.2. The number of anilines is 1. The molecule has 3 aromatic rings. The molecule has 1 aliphatic rings. The smallest absolute Gasteiger partial charge is 0.261 e. The fraction of sp³-hybridized carbons (Fsp3) is 0.273. The maximum absolute atomic E-state index is 12.9. The number of amides is 1. The van der Waals surface area contributed by atoms with Gasteiger partial charge in [0, 0.05) is 24.4 Å². The van der Waals surface area contributed by atoms with Gasteiger partial charge in [0.05, 0.1) is 11.0 Å². The third-order valence-corrected chi connectivity index (χ3v) is 6.52. The first-order chi connectivity index (χ1) is 14.9. The van der Waals surface area contributed by atoms with E-state index in [1.165, 1.54) is 12.1 Å². The summed E-state index contributed by atoms with van der Waals surface area (Å²) < 4.78 is 38.2. The van der Waals surface area contributed by atoms with Crippen molar-refractivity contribution in [1.29, 1.82) is 0 Å². The number of carbonyl (C=O) groups is 1. The van der Waals surface area contributed by atoms with E-state index < -0.39 is 10.0 Å². The quantitative estimate of drug-likeness (QED) is 0.582. The second-order valence-electron chi connectivity index (χ2n) is 7.29. The zero-order chi connectivity index (χ0) is 21.8. The Morgan fingerprint density at radius 2 is 1.87 bits per heavy atom. The van der Waals surface area contributed by atoms with Gasteiger partial charge in [0.2, 0.25) is 10.0 Å². The summed E-state index contributed by atoms with van der Waals surface area (Å²) in [5, 5.41) is 6.79. The first kappa shape index (κ1) is 21.2. The van der Waals surface area contributed by atoms with E-state index in [9.17, 15) is 13.2 Å². The summed E-state index contributed by atoms with van der Waals surface area (Å²) in [7, 11) is -3.65. The Hall–Kier alpha value is -3.01. The van der Waals surface area contributed by atoms with E-state index >= 15 is 0 Å². The van der Waals surface area contributed by atoms with Gasteiger partial charge in [-0.25, -0.2) is 13.1 Å². The van der Waals surface area contributed by atoms with Gasteiger partial charge in [0.25, 0.3) is 5.91 Å². The molecule has 162 valence electrons. The Bertz CT molecular complexity index is 1150. The van der Waals surface area contributed by atoms with E-state index in [0.717, 1.165) is 18.4 Å².